The number of fused-ring (bicyclic) bond motifs is 1. The smallest absolute Gasteiger partial charge is 0.333 e. The van der Waals surface area contributed by atoms with Crippen molar-refractivity contribution in [3.63, 3.8) is 0 Å². The molecule has 0 spiro atoms. The Morgan fingerprint density at radius 1 is 1.35 bits per heavy atom. The molecular formula is C11H14N4O6S2. The molecule has 1 fully saturated rings. The number of nitrogens with two attached hydrogens (primary N) is 2. The summed E-state index contributed by atoms with van der Waals surface area (Å²) in [5.41, 5.74) is 6.80. The van der Waals surface area contributed by atoms with E-state index in [1.54, 1.807) is 5.38 Å². The second-order valence-electron chi connectivity index (χ2n) is 4.98. The zero-order chi connectivity index (χ0) is 16.8. The summed E-state index contributed by atoms with van der Waals surface area (Å²) in [6, 6.07) is 0. The summed E-state index contributed by atoms with van der Waals surface area (Å²) in [4.78, 5) is 7.99. The van der Waals surface area contributed by atoms with Crippen LogP contribution in [0.25, 0.3) is 10.2 Å². The first kappa shape index (κ1) is 16.4. The first-order chi connectivity index (χ1) is 10.8. The molecular weight excluding hydrogens is 348 g/mol. The topological polar surface area (TPSA) is 171 Å². The van der Waals surface area contributed by atoms with Gasteiger partial charge < -0.3 is 20.7 Å². The number of hydrogen-bond acceptors (Lipinski definition) is 10. The van der Waals surface area contributed by atoms with Gasteiger partial charge in [0.1, 0.15) is 36.6 Å². The summed E-state index contributed by atoms with van der Waals surface area (Å²) in [7, 11) is -4.17. The fourth-order valence-electron chi connectivity index (χ4n) is 2.39. The Morgan fingerprint density at radius 2 is 2.09 bits per heavy atom. The molecule has 3 rings (SSSR count). The van der Waals surface area contributed by atoms with Gasteiger partial charge in [0, 0.05) is 5.56 Å². The first-order valence-corrected chi connectivity index (χ1v) is 8.79. The van der Waals surface area contributed by atoms with Crippen LogP contribution in [0.1, 0.15) is 11.7 Å². The monoisotopic (exact) mass is 362 g/mol. The third kappa shape index (κ3) is 3.14. The van der Waals surface area contributed by atoms with Crippen LogP contribution in [-0.4, -0.2) is 53.5 Å². The van der Waals surface area contributed by atoms with Gasteiger partial charge >= 0.3 is 10.3 Å². The van der Waals surface area contributed by atoms with Crippen LogP contribution in [0.15, 0.2) is 11.7 Å². The van der Waals surface area contributed by atoms with Crippen molar-refractivity contribution >= 4 is 37.7 Å². The molecule has 10 nitrogen and oxygen atoms in total. The Balaban J connectivity index is 1.86. The third-order valence-electron chi connectivity index (χ3n) is 3.47. The Labute approximate surface area is 134 Å². The summed E-state index contributed by atoms with van der Waals surface area (Å²) >= 11 is 1.28. The van der Waals surface area contributed by atoms with Crippen molar-refractivity contribution in [3.05, 3.63) is 17.3 Å². The summed E-state index contributed by atoms with van der Waals surface area (Å²) in [5, 5.41) is 26.6. The van der Waals surface area contributed by atoms with Gasteiger partial charge in [-0.2, -0.15) is 8.42 Å². The summed E-state index contributed by atoms with van der Waals surface area (Å²) in [5.74, 6) is 0.299. The minimum atomic E-state index is -4.17. The normalized spacial score (nSPS) is 28.5. The molecule has 0 radical (unpaired) electrons. The molecule has 126 valence electrons. The van der Waals surface area contributed by atoms with Crippen LogP contribution in [0.4, 0.5) is 5.82 Å². The van der Waals surface area contributed by atoms with E-state index < -0.39 is 41.3 Å². The molecule has 6 N–H and O–H groups in total. The highest BCUT2D eigenvalue weighted by molar-refractivity contribution is 7.84. The average Bonchev–Trinajstić information content (AvgIpc) is 3.01. The molecule has 0 aliphatic carbocycles. The van der Waals surface area contributed by atoms with E-state index in [1.807, 2.05) is 0 Å². The molecule has 1 aliphatic heterocycles. The molecule has 0 amide bonds. The third-order valence-corrected chi connectivity index (χ3v) is 4.95. The maximum Gasteiger partial charge on any atom is 0.333 e. The van der Waals surface area contributed by atoms with Crippen molar-refractivity contribution in [2.75, 3.05) is 12.3 Å². The van der Waals surface area contributed by atoms with Gasteiger partial charge in [0.2, 0.25) is 0 Å². The highest BCUT2D eigenvalue weighted by atomic mass is 32.2. The van der Waals surface area contributed by atoms with Crippen LogP contribution in [0.2, 0.25) is 0 Å². The maximum absolute atomic E-state index is 10.8. The maximum atomic E-state index is 10.8. The predicted octanol–water partition coefficient (Wildman–Crippen LogP) is -1.34. The predicted molar refractivity (Wildman–Crippen MR) is 80.5 cm³/mol. The fraction of sp³-hybridized carbons (Fsp3) is 0.455. The molecule has 2 aromatic heterocycles. The lowest BCUT2D eigenvalue weighted by atomic mass is 10.0. The highest BCUT2D eigenvalue weighted by Gasteiger charge is 2.45. The second kappa shape index (κ2) is 5.90. The molecule has 0 saturated carbocycles. The standard InChI is InChI=1S/C11H14N4O6S2/c12-11-10-6(14-3-15-11)4(2-22-10)9-8(17)7(16)5(21-9)1-20-23(13,18)19/h2-3,5,7-9,16-17H,1H2,(H2,12,14,15)(H2,13,18,19). The van der Waals surface area contributed by atoms with Crippen molar-refractivity contribution in [1.82, 2.24) is 9.97 Å². The molecule has 0 bridgehead atoms. The van der Waals surface area contributed by atoms with Gasteiger partial charge in [-0.1, -0.05) is 0 Å². The zero-order valence-electron chi connectivity index (χ0n) is 11.6. The Hall–Kier alpha value is -1.41. The molecule has 0 aromatic carbocycles. The van der Waals surface area contributed by atoms with Crippen molar-refractivity contribution < 1.29 is 27.6 Å². The average molecular weight is 362 g/mol. The molecule has 3 heterocycles. The number of ether oxygens (including phenoxy) is 1. The Morgan fingerprint density at radius 3 is 2.78 bits per heavy atom. The van der Waals surface area contributed by atoms with Crippen LogP contribution in [0.3, 0.4) is 0 Å². The molecule has 4 atom stereocenters. The number of nitrogens with zero attached hydrogens (tertiary/aromatic N) is 2. The lowest BCUT2D eigenvalue weighted by molar-refractivity contribution is -0.0151. The number of aliphatic hydroxyl groups is 2. The fourth-order valence-corrected chi connectivity index (χ4v) is 3.66. The van der Waals surface area contributed by atoms with Gasteiger partial charge in [-0.05, 0) is 5.38 Å². The van der Waals surface area contributed by atoms with Crippen molar-refractivity contribution in [1.29, 1.82) is 0 Å². The van der Waals surface area contributed by atoms with Crippen LogP contribution in [-0.2, 0) is 19.2 Å². The molecule has 4 unspecified atom stereocenters. The van der Waals surface area contributed by atoms with Crippen molar-refractivity contribution in [2.24, 2.45) is 5.14 Å². The largest absolute Gasteiger partial charge is 0.387 e. The van der Waals surface area contributed by atoms with Gasteiger partial charge in [-0.25, -0.2) is 15.1 Å². The van der Waals surface area contributed by atoms with Gasteiger partial charge in [0.05, 0.1) is 16.8 Å². The number of aliphatic hydroxyl groups excluding tert-OH is 2. The molecule has 23 heavy (non-hydrogen) atoms. The van der Waals surface area contributed by atoms with E-state index in [9.17, 15) is 18.6 Å². The van der Waals surface area contributed by atoms with E-state index in [2.05, 4.69) is 14.2 Å². The number of thiophene rings is 1. The SMILES string of the molecule is Nc1ncnc2c(C3OC(COS(N)(=O)=O)C(O)C3O)csc12. The number of nitrogen functional groups attached to an aromatic ring is 1. The number of anilines is 1. The van der Waals surface area contributed by atoms with Gasteiger partial charge in [0.15, 0.2) is 0 Å². The molecule has 1 aliphatic rings. The zero-order valence-corrected chi connectivity index (χ0v) is 13.2. The van der Waals surface area contributed by atoms with Gasteiger partial charge in [0.25, 0.3) is 0 Å². The van der Waals surface area contributed by atoms with E-state index >= 15 is 0 Å². The van der Waals surface area contributed by atoms with E-state index in [0.29, 0.717) is 21.6 Å². The summed E-state index contributed by atoms with van der Waals surface area (Å²) < 4.78 is 32.2. The minimum absolute atomic E-state index is 0.299. The van der Waals surface area contributed by atoms with Crippen molar-refractivity contribution in [3.8, 4) is 0 Å². The van der Waals surface area contributed by atoms with Crippen molar-refractivity contribution in [2.45, 2.75) is 24.4 Å². The number of hydrogen-bond donors (Lipinski definition) is 4. The van der Waals surface area contributed by atoms with E-state index in [0.717, 1.165) is 0 Å². The van der Waals surface area contributed by atoms with E-state index in [1.165, 1.54) is 17.7 Å². The summed E-state index contributed by atoms with van der Waals surface area (Å²) in [6.45, 7) is -0.507. The Kier molecular flexibility index (Phi) is 4.22. The number of rotatable bonds is 4. The van der Waals surface area contributed by atoms with E-state index in [-0.39, 0.29) is 0 Å². The molecule has 1 saturated heterocycles. The highest BCUT2D eigenvalue weighted by Crippen LogP contribution is 2.39. The lowest BCUT2D eigenvalue weighted by Crippen LogP contribution is -2.34. The van der Waals surface area contributed by atoms with Gasteiger partial charge in [-0.15, -0.1) is 11.3 Å². The molecule has 12 heteroatoms. The lowest BCUT2D eigenvalue weighted by Gasteiger charge is -2.13. The minimum Gasteiger partial charge on any atom is -0.387 e. The quantitative estimate of drug-likeness (QED) is 0.513. The van der Waals surface area contributed by atoms with E-state index in [4.69, 9.17) is 15.6 Å². The number of aromatic nitrogens is 2. The van der Waals surface area contributed by atoms with Crippen LogP contribution in [0, 0.1) is 0 Å². The van der Waals surface area contributed by atoms with Crippen LogP contribution >= 0.6 is 11.3 Å². The first-order valence-electron chi connectivity index (χ1n) is 6.44. The second-order valence-corrected chi connectivity index (χ2v) is 7.08. The van der Waals surface area contributed by atoms with Gasteiger partial charge in [-0.3, -0.25) is 4.18 Å². The van der Waals surface area contributed by atoms with Crippen LogP contribution in [0.5, 0.6) is 0 Å². The van der Waals surface area contributed by atoms with Crippen LogP contribution < -0.4 is 10.9 Å². The summed E-state index contributed by atoms with van der Waals surface area (Å²) in [6.07, 6.45) is -3.29. The Bertz CT molecular complexity index is 825. The molecule has 2 aromatic rings.